The minimum absolute atomic E-state index is 0.0856. The molecular formula is C23H23N3O3. The van der Waals surface area contributed by atoms with Crippen molar-refractivity contribution < 1.29 is 14.7 Å². The third kappa shape index (κ3) is 5.19. The molecule has 6 nitrogen and oxygen atoms in total. The first-order valence-corrected chi connectivity index (χ1v) is 9.35. The van der Waals surface area contributed by atoms with Crippen LogP contribution in [-0.2, 0) is 13.0 Å². The molecule has 1 aromatic heterocycles. The number of pyridine rings is 1. The number of nitrogens with zero attached hydrogens (tertiary/aromatic N) is 2. The Bertz CT molecular complexity index is 989. The highest BCUT2D eigenvalue weighted by molar-refractivity contribution is 6.01. The zero-order chi connectivity index (χ0) is 20.6. The average molecular weight is 389 g/mol. The Morgan fingerprint density at radius 3 is 2.38 bits per heavy atom. The first kappa shape index (κ1) is 20.1. The number of hydrogen-bond donors (Lipinski definition) is 2. The van der Waals surface area contributed by atoms with Crippen LogP contribution >= 0.6 is 0 Å². The topological polar surface area (TPSA) is 82.5 Å². The predicted molar refractivity (Wildman–Crippen MR) is 112 cm³/mol. The van der Waals surface area contributed by atoms with Crippen molar-refractivity contribution in [2.75, 3.05) is 13.6 Å². The van der Waals surface area contributed by atoms with Gasteiger partial charge in [0.25, 0.3) is 5.91 Å². The van der Waals surface area contributed by atoms with Crippen molar-refractivity contribution in [2.24, 2.45) is 0 Å². The summed E-state index contributed by atoms with van der Waals surface area (Å²) in [5, 5.41) is 11.3. The number of amides is 2. The number of carbonyl (C=O) groups excluding carboxylic acids is 1. The Hall–Kier alpha value is -3.67. The number of carboxylic acid groups (broad SMARTS) is 1. The van der Waals surface area contributed by atoms with E-state index in [1.54, 1.807) is 24.2 Å². The lowest BCUT2D eigenvalue weighted by Crippen LogP contribution is -2.29. The van der Waals surface area contributed by atoms with Gasteiger partial charge in [-0.2, -0.15) is 0 Å². The predicted octanol–water partition coefficient (Wildman–Crippen LogP) is 3.83. The van der Waals surface area contributed by atoms with E-state index >= 15 is 0 Å². The minimum atomic E-state index is -1.08. The lowest BCUT2D eigenvalue weighted by Gasteiger charge is -2.20. The highest BCUT2D eigenvalue weighted by atomic mass is 16.4. The number of carbonyl (C=O) groups is 2. The second-order valence-electron chi connectivity index (χ2n) is 6.66. The maximum absolute atomic E-state index is 13.1. The van der Waals surface area contributed by atoms with Crippen LogP contribution in [-0.4, -0.2) is 40.6 Å². The standard InChI is InChI=1S/C23H23N3O3/c1-26(15-13-18-9-6-7-14-24-18)22(27)21-12-5-4-11-20(21)19-10-3-2-8-17(19)16-25-23(28)29/h2-12,14,25H,13,15-16H2,1H3,(H,28,29). The summed E-state index contributed by atoms with van der Waals surface area (Å²) in [6.07, 6.45) is 1.33. The van der Waals surface area contributed by atoms with Gasteiger partial charge in [-0.25, -0.2) is 4.79 Å². The van der Waals surface area contributed by atoms with Crippen LogP contribution in [0.4, 0.5) is 4.79 Å². The van der Waals surface area contributed by atoms with E-state index in [0.29, 0.717) is 18.5 Å². The molecule has 1 heterocycles. The molecule has 0 spiro atoms. The van der Waals surface area contributed by atoms with Crippen molar-refractivity contribution in [1.29, 1.82) is 0 Å². The number of nitrogens with one attached hydrogen (secondary N) is 1. The number of hydrogen-bond acceptors (Lipinski definition) is 3. The summed E-state index contributed by atoms with van der Waals surface area (Å²) in [5.41, 5.74) is 3.95. The van der Waals surface area contributed by atoms with Gasteiger partial charge in [-0.3, -0.25) is 9.78 Å². The van der Waals surface area contributed by atoms with Crippen molar-refractivity contribution >= 4 is 12.0 Å². The van der Waals surface area contributed by atoms with Crippen LogP contribution in [0, 0.1) is 0 Å². The molecule has 2 amide bonds. The van der Waals surface area contributed by atoms with Crippen LogP contribution in [0.2, 0.25) is 0 Å². The third-order valence-corrected chi connectivity index (χ3v) is 4.67. The molecule has 6 heteroatoms. The maximum Gasteiger partial charge on any atom is 0.404 e. The summed E-state index contributed by atoms with van der Waals surface area (Å²) in [5.74, 6) is -0.0856. The van der Waals surface area contributed by atoms with E-state index < -0.39 is 6.09 Å². The Balaban J connectivity index is 1.83. The Kier molecular flexibility index (Phi) is 6.58. The molecule has 3 aromatic rings. The van der Waals surface area contributed by atoms with E-state index in [9.17, 15) is 9.59 Å². The second-order valence-corrected chi connectivity index (χ2v) is 6.66. The lowest BCUT2D eigenvalue weighted by molar-refractivity contribution is 0.0797. The van der Waals surface area contributed by atoms with Gasteiger partial charge in [0.05, 0.1) is 0 Å². The van der Waals surface area contributed by atoms with Gasteiger partial charge in [-0.15, -0.1) is 0 Å². The van der Waals surface area contributed by atoms with Gasteiger partial charge < -0.3 is 15.3 Å². The van der Waals surface area contributed by atoms with Crippen LogP contribution in [0.25, 0.3) is 11.1 Å². The van der Waals surface area contributed by atoms with E-state index in [1.165, 1.54) is 0 Å². The fourth-order valence-electron chi connectivity index (χ4n) is 3.15. The molecule has 3 rings (SSSR count). The van der Waals surface area contributed by atoms with Crippen molar-refractivity contribution in [3.05, 3.63) is 89.7 Å². The highest BCUT2D eigenvalue weighted by Crippen LogP contribution is 2.28. The Morgan fingerprint density at radius 1 is 0.966 bits per heavy atom. The zero-order valence-electron chi connectivity index (χ0n) is 16.2. The van der Waals surface area contributed by atoms with Gasteiger partial charge in [0.2, 0.25) is 0 Å². The minimum Gasteiger partial charge on any atom is -0.465 e. The summed E-state index contributed by atoms with van der Waals surface area (Å²) >= 11 is 0. The molecular weight excluding hydrogens is 366 g/mol. The van der Waals surface area contributed by atoms with E-state index in [2.05, 4.69) is 10.3 Å². The molecule has 0 atom stereocenters. The molecule has 0 fully saturated rings. The fraction of sp³-hybridized carbons (Fsp3) is 0.174. The van der Waals surface area contributed by atoms with Crippen LogP contribution in [0.1, 0.15) is 21.6 Å². The SMILES string of the molecule is CN(CCc1ccccn1)C(=O)c1ccccc1-c1ccccc1CNC(=O)O. The molecule has 0 aliphatic heterocycles. The molecule has 0 saturated carbocycles. The van der Waals surface area contributed by atoms with Crippen LogP contribution < -0.4 is 5.32 Å². The molecule has 0 bridgehead atoms. The van der Waals surface area contributed by atoms with Gasteiger partial charge in [0.1, 0.15) is 0 Å². The normalized spacial score (nSPS) is 10.4. The highest BCUT2D eigenvalue weighted by Gasteiger charge is 2.18. The van der Waals surface area contributed by atoms with Gasteiger partial charge in [0, 0.05) is 44.0 Å². The van der Waals surface area contributed by atoms with Crippen molar-refractivity contribution in [2.45, 2.75) is 13.0 Å². The smallest absolute Gasteiger partial charge is 0.404 e. The quantitative estimate of drug-likeness (QED) is 0.643. The number of aromatic nitrogens is 1. The molecule has 0 radical (unpaired) electrons. The molecule has 29 heavy (non-hydrogen) atoms. The molecule has 2 N–H and O–H groups in total. The maximum atomic E-state index is 13.1. The molecule has 0 aliphatic rings. The molecule has 2 aromatic carbocycles. The van der Waals surface area contributed by atoms with Crippen LogP contribution in [0.5, 0.6) is 0 Å². The summed E-state index contributed by atoms with van der Waals surface area (Å²) < 4.78 is 0. The molecule has 148 valence electrons. The summed E-state index contributed by atoms with van der Waals surface area (Å²) in [6.45, 7) is 0.718. The van der Waals surface area contributed by atoms with E-state index in [0.717, 1.165) is 22.4 Å². The van der Waals surface area contributed by atoms with Crippen LogP contribution in [0.3, 0.4) is 0 Å². The van der Waals surface area contributed by atoms with Crippen molar-refractivity contribution in [3.8, 4) is 11.1 Å². The summed E-state index contributed by atoms with van der Waals surface area (Å²) in [4.78, 5) is 30.0. The van der Waals surface area contributed by atoms with Crippen LogP contribution in [0.15, 0.2) is 72.9 Å². The summed E-state index contributed by atoms with van der Waals surface area (Å²) in [6, 6.07) is 20.6. The largest absolute Gasteiger partial charge is 0.465 e. The average Bonchev–Trinajstić information content (AvgIpc) is 2.76. The van der Waals surface area contributed by atoms with Crippen molar-refractivity contribution in [3.63, 3.8) is 0 Å². The van der Waals surface area contributed by atoms with E-state index in [1.807, 2.05) is 60.7 Å². The van der Waals surface area contributed by atoms with Gasteiger partial charge in [-0.1, -0.05) is 48.5 Å². The number of likely N-dealkylation sites (N-methyl/N-ethyl adjacent to an activating group) is 1. The molecule has 0 unspecified atom stereocenters. The van der Waals surface area contributed by atoms with Crippen molar-refractivity contribution in [1.82, 2.24) is 15.2 Å². The Morgan fingerprint density at radius 2 is 1.66 bits per heavy atom. The third-order valence-electron chi connectivity index (χ3n) is 4.67. The first-order chi connectivity index (χ1) is 14.1. The Labute approximate surface area is 169 Å². The number of rotatable bonds is 7. The van der Waals surface area contributed by atoms with Gasteiger partial charge in [0.15, 0.2) is 0 Å². The lowest BCUT2D eigenvalue weighted by atomic mass is 9.94. The fourth-order valence-corrected chi connectivity index (χ4v) is 3.15. The molecule has 0 saturated heterocycles. The number of benzene rings is 2. The monoisotopic (exact) mass is 389 g/mol. The van der Waals surface area contributed by atoms with E-state index in [4.69, 9.17) is 5.11 Å². The summed E-state index contributed by atoms with van der Waals surface area (Å²) in [7, 11) is 1.78. The van der Waals surface area contributed by atoms with Gasteiger partial charge >= 0.3 is 6.09 Å². The first-order valence-electron chi connectivity index (χ1n) is 9.35. The van der Waals surface area contributed by atoms with Gasteiger partial charge in [-0.05, 0) is 34.9 Å². The zero-order valence-corrected chi connectivity index (χ0v) is 16.2. The van der Waals surface area contributed by atoms with E-state index in [-0.39, 0.29) is 12.5 Å². The second kappa shape index (κ2) is 9.50. The molecule has 0 aliphatic carbocycles.